The third-order valence-corrected chi connectivity index (χ3v) is 3.58. The van der Waals surface area contributed by atoms with Gasteiger partial charge in [-0.2, -0.15) is 5.26 Å². The first-order valence-electron chi connectivity index (χ1n) is 5.15. The molecule has 0 aromatic carbocycles. The van der Waals surface area contributed by atoms with E-state index in [4.69, 9.17) is 5.26 Å². The van der Waals surface area contributed by atoms with Crippen molar-refractivity contribution in [3.8, 4) is 6.07 Å². The van der Waals surface area contributed by atoms with E-state index in [0.29, 0.717) is 12.5 Å². The van der Waals surface area contributed by atoms with Crippen LogP contribution in [0.15, 0.2) is 5.51 Å². The zero-order valence-electron chi connectivity index (χ0n) is 9.53. The summed E-state index contributed by atoms with van der Waals surface area (Å²) < 4.78 is 0. The smallest absolute Gasteiger partial charge is 0.0798 e. The summed E-state index contributed by atoms with van der Waals surface area (Å²) in [6, 6.07) is 2.60. The van der Waals surface area contributed by atoms with E-state index in [9.17, 15) is 0 Å². The molecule has 0 bridgehead atoms. The average Bonchev–Trinajstić information content (AvgIpc) is 2.60. The molecule has 1 atom stereocenters. The molecule has 0 aliphatic rings. The summed E-state index contributed by atoms with van der Waals surface area (Å²) in [7, 11) is 2.07. The van der Waals surface area contributed by atoms with Crippen LogP contribution in [0.2, 0.25) is 0 Å². The predicted molar refractivity (Wildman–Crippen MR) is 62.6 cm³/mol. The van der Waals surface area contributed by atoms with Crippen molar-refractivity contribution in [2.75, 3.05) is 7.05 Å². The second-order valence-electron chi connectivity index (χ2n) is 3.70. The highest BCUT2D eigenvalue weighted by atomic mass is 32.1. The molecule has 0 aliphatic carbocycles. The Kier molecular flexibility index (Phi) is 4.73. The monoisotopic (exact) mass is 223 g/mol. The molecule has 0 radical (unpaired) electrons. The van der Waals surface area contributed by atoms with E-state index in [1.807, 2.05) is 12.4 Å². The molecule has 1 unspecified atom stereocenters. The third-order valence-electron chi connectivity index (χ3n) is 2.66. The van der Waals surface area contributed by atoms with Crippen molar-refractivity contribution in [3.63, 3.8) is 0 Å². The van der Waals surface area contributed by atoms with Crippen molar-refractivity contribution in [2.45, 2.75) is 39.3 Å². The fourth-order valence-electron chi connectivity index (χ4n) is 1.55. The summed E-state index contributed by atoms with van der Waals surface area (Å²) >= 11 is 1.69. The molecule has 1 aromatic heterocycles. The number of hydrogen-bond donors (Lipinski definition) is 0. The number of aromatic nitrogens is 1. The van der Waals surface area contributed by atoms with Crippen LogP contribution < -0.4 is 0 Å². The Balaban J connectivity index is 2.58. The maximum Gasteiger partial charge on any atom is 0.0798 e. The highest BCUT2D eigenvalue weighted by molar-refractivity contribution is 7.09. The standard InChI is InChI=1S/C11H17N3S/c1-4-10(5-6-12)14(3)7-11-9(2)13-8-15-11/h8,10H,4-5,7H2,1-3H3. The van der Waals surface area contributed by atoms with Crippen LogP contribution in [0.5, 0.6) is 0 Å². The van der Waals surface area contributed by atoms with E-state index >= 15 is 0 Å². The van der Waals surface area contributed by atoms with Crippen molar-refractivity contribution < 1.29 is 0 Å². The van der Waals surface area contributed by atoms with Gasteiger partial charge in [0.1, 0.15) is 0 Å². The molecule has 0 saturated heterocycles. The maximum atomic E-state index is 8.71. The molecule has 1 heterocycles. The molecule has 15 heavy (non-hydrogen) atoms. The van der Waals surface area contributed by atoms with Gasteiger partial charge in [0.25, 0.3) is 0 Å². The number of aryl methyl sites for hydroxylation is 1. The van der Waals surface area contributed by atoms with Gasteiger partial charge < -0.3 is 0 Å². The van der Waals surface area contributed by atoms with Crippen LogP contribution in [-0.4, -0.2) is 23.0 Å². The zero-order chi connectivity index (χ0) is 11.3. The number of rotatable bonds is 5. The minimum atomic E-state index is 0.358. The van der Waals surface area contributed by atoms with E-state index in [0.717, 1.165) is 18.7 Å². The fourth-order valence-corrected chi connectivity index (χ4v) is 2.39. The van der Waals surface area contributed by atoms with Crippen LogP contribution in [0, 0.1) is 18.3 Å². The summed E-state index contributed by atoms with van der Waals surface area (Å²) in [4.78, 5) is 7.77. The van der Waals surface area contributed by atoms with E-state index < -0.39 is 0 Å². The van der Waals surface area contributed by atoms with E-state index in [1.54, 1.807) is 11.3 Å². The minimum Gasteiger partial charge on any atom is -0.297 e. The quantitative estimate of drug-likeness (QED) is 0.770. The van der Waals surface area contributed by atoms with Crippen LogP contribution >= 0.6 is 11.3 Å². The molecule has 3 nitrogen and oxygen atoms in total. The van der Waals surface area contributed by atoms with Crippen molar-refractivity contribution in [2.24, 2.45) is 0 Å². The molecular formula is C11H17N3S. The predicted octanol–water partition coefficient (Wildman–Crippen LogP) is 2.58. The molecule has 0 spiro atoms. The highest BCUT2D eigenvalue weighted by Crippen LogP contribution is 2.17. The van der Waals surface area contributed by atoms with Crippen molar-refractivity contribution in [1.82, 2.24) is 9.88 Å². The summed E-state index contributed by atoms with van der Waals surface area (Å²) in [6.45, 7) is 5.06. The lowest BCUT2D eigenvalue weighted by Gasteiger charge is -2.24. The Hall–Kier alpha value is -0.920. The normalized spacial score (nSPS) is 12.7. The minimum absolute atomic E-state index is 0.358. The van der Waals surface area contributed by atoms with Crippen LogP contribution in [0.1, 0.15) is 30.3 Å². The SMILES string of the molecule is CCC(CC#N)N(C)Cc1scnc1C. The zero-order valence-corrected chi connectivity index (χ0v) is 10.3. The lowest BCUT2D eigenvalue weighted by atomic mass is 10.1. The first kappa shape index (κ1) is 12.2. The molecule has 1 rings (SSSR count). The molecule has 82 valence electrons. The second kappa shape index (κ2) is 5.84. The topological polar surface area (TPSA) is 39.9 Å². The first-order chi connectivity index (χ1) is 7.19. The Bertz CT molecular complexity index is 340. The van der Waals surface area contributed by atoms with Crippen LogP contribution in [0.4, 0.5) is 0 Å². The first-order valence-corrected chi connectivity index (χ1v) is 6.03. The lowest BCUT2D eigenvalue weighted by molar-refractivity contribution is 0.232. The third kappa shape index (κ3) is 3.29. The summed E-state index contributed by atoms with van der Waals surface area (Å²) in [5, 5.41) is 8.71. The van der Waals surface area contributed by atoms with Crippen molar-refractivity contribution >= 4 is 11.3 Å². The average molecular weight is 223 g/mol. The molecule has 0 amide bonds. The van der Waals surface area contributed by atoms with Gasteiger partial charge in [0, 0.05) is 17.5 Å². The Morgan fingerprint density at radius 3 is 2.87 bits per heavy atom. The van der Waals surface area contributed by atoms with Gasteiger partial charge in [0.05, 0.1) is 23.7 Å². The second-order valence-corrected chi connectivity index (χ2v) is 4.64. The van der Waals surface area contributed by atoms with Crippen LogP contribution in [0.25, 0.3) is 0 Å². The maximum absolute atomic E-state index is 8.71. The molecular weight excluding hydrogens is 206 g/mol. The molecule has 4 heteroatoms. The van der Waals surface area contributed by atoms with Gasteiger partial charge in [0.15, 0.2) is 0 Å². The van der Waals surface area contributed by atoms with Crippen LogP contribution in [-0.2, 0) is 6.54 Å². The van der Waals surface area contributed by atoms with Gasteiger partial charge >= 0.3 is 0 Å². The van der Waals surface area contributed by atoms with Crippen LogP contribution in [0.3, 0.4) is 0 Å². The summed E-state index contributed by atoms with van der Waals surface area (Å²) in [5.41, 5.74) is 2.99. The van der Waals surface area contributed by atoms with E-state index in [-0.39, 0.29) is 0 Å². The van der Waals surface area contributed by atoms with E-state index in [2.05, 4.69) is 29.9 Å². The number of nitrogens with zero attached hydrogens (tertiary/aromatic N) is 3. The number of nitriles is 1. The van der Waals surface area contributed by atoms with Gasteiger partial charge in [-0.3, -0.25) is 4.90 Å². The fraction of sp³-hybridized carbons (Fsp3) is 0.636. The van der Waals surface area contributed by atoms with Gasteiger partial charge in [-0.05, 0) is 20.4 Å². The van der Waals surface area contributed by atoms with Crippen molar-refractivity contribution in [1.29, 1.82) is 5.26 Å². The molecule has 0 fully saturated rings. The molecule has 1 aromatic rings. The van der Waals surface area contributed by atoms with Gasteiger partial charge in [0.2, 0.25) is 0 Å². The Morgan fingerprint density at radius 1 is 1.67 bits per heavy atom. The molecule has 0 N–H and O–H groups in total. The highest BCUT2D eigenvalue weighted by Gasteiger charge is 2.14. The molecule has 0 aliphatic heterocycles. The lowest BCUT2D eigenvalue weighted by Crippen LogP contribution is -2.30. The van der Waals surface area contributed by atoms with Crippen molar-refractivity contribution in [3.05, 3.63) is 16.1 Å². The Labute approximate surface area is 95.4 Å². The Morgan fingerprint density at radius 2 is 2.40 bits per heavy atom. The van der Waals surface area contributed by atoms with Gasteiger partial charge in [-0.15, -0.1) is 11.3 Å². The summed E-state index contributed by atoms with van der Waals surface area (Å²) in [6.07, 6.45) is 1.62. The number of hydrogen-bond acceptors (Lipinski definition) is 4. The number of thiazole rings is 1. The van der Waals surface area contributed by atoms with Gasteiger partial charge in [-0.25, -0.2) is 4.98 Å². The molecule has 0 saturated carbocycles. The summed E-state index contributed by atoms with van der Waals surface area (Å²) in [5.74, 6) is 0. The van der Waals surface area contributed by atoms with E-state index in [1.165, 1.54) is 4.88 Å². The van der Waals surface area contributed by atoms with Gasteiger partial charge in [-0.1, -0.05) is 6.92 Å². The largest absolute Gasteiger partial charge is 0.297 e.